The maximum Gasteiger partial charge on any atom is 0.326 e. The maximum atomic E-state index is 12.4. The zero-order valence-electron chi connectivity index (χ0n) is 15.1. The van der Waals surface area contributed by atoms with Gasteiger partial charge in [0.15, 0.2) is 0 Å². The number of hydrogen-bond acceptors (Lipinski definition) is 3. The van der Waals surface area contributed by atoms with Crippen LogP contribution in [0.2, 0.25) is 0 Å². The van der Waals surface area contributed by atoms with Crippen molar-refractivity contribution in [3.63, 3.8) is 0 Å². The van der Waals surface area contributed by atoms with E-state index in [1.807, 2.05) is 26.0 Å². The van der Waals surface area contributed by atoms with E-state index in [1.165, 1.54) is 17.3 Å². The van der Waals surface area contributed by atoms with Crippen molar-refractivity contribution in [1.29, 1.82) is 0 Å². The third-order valence-electron chi connectivity index (χ3n) is 4.28. The van der Waals surface area contributed by atoms with Crippen molar-refractivity contribution in [1.82, 2.24) is 4.90 Å². The van der Waals surface area contributed by atoms with Gasteiger partial charge < -0.3 is 10.0 Å². The standard InChI is InChI=1S/C19H27NO3S/c1-12(2)10-15(18(22)23)20-16(21)11-24-17(20)13-6-8-14(9-7-13)19(3,4)5/h6-9,12,15,17H,10-11H2,1-5H3,(H,22,23)/t15-,17-/m1/s1. The molecule has 24 heavy (non-hydrogen) atoms. The molecule has 0 spiro atoms. The first-order valence-electron chi connectivity index (χ1n) is 8.37. The molecule has 0 saturated carbocycles. The number of carbonyl (C=O) groups is 2. The lowest BCUT2D eigenvalue weighted by Crippen LogP contribution is -2.44. The van der Waals surface area contributed by atoms with Crippen LogP contribution in [0.5, 0.6) is 0 Å². The van der Waals surface area contributed by atoms with E-state index in [0.29, 0.717) is 12.2 Å². The molecule has 0 unspecified atom stereocenters. The number of amides is 1. The Bertz CT molecular complexity index is 604. The summed E-state index contributed by atoms with van der Waals surface area (Å²) in [5.74, 6) is -0.449. The molecule has 1 fully saturated rings. The highest BCUT2D eigenvalue weighted by Crippen LogP contribution is 2.41. The smallest absolute Gasteiger partial charge is 0.326 e. The van der Waals surface area contributed by atoms with Gasteiger partial charge >= 0.3 is 5.97 Å². The Labute approximate surface area is 148 Å². The Hall–Kier alpha value is -1.49. The highest BCUT2D eigenvalue weighted by atomic mass is 32.2. The number of carboxylic acids is 1. The summed E-state index contributed by atoms with van der Waals surface area (Å²) in [4.78, 5) is 25.6. The van der Waals surface area contributed by atoms with Gasteiger partial charge in [-0.25, -0.2) is 4.79 Å². The van der Waals surface area contributed by atoms with Gasteiger partial charge in [-0.3, -0.25) is 4.79 Å². The van der Waals surface area contributed by atoms with Gasteiger partial charge in [-0.15, -0.1) is 11.8 Å². The Balaban J connectivity index is 2.31. The number of thioether (sulfide) groups is 1. The monoisotopic (exact) mass is 349 g/mol. The molecule has 1 N–H and O–H groups in total. The summed E-state index contributed by atoms with van der Waals surface area (Å²) in [6, 6.07) is 7.44. The van der Waals surface area contributed by atoms with Crippen molar-refractivity contribution in [3.05, 3.63) is 35.4 Å². The molecule has 0 radical (unpaired) electrons. The molecule has 0 aromatic heterocycles. The van der Waals surface area contributed by atoms with Crippen LogP contribution in [0.25, 0.3) is 0 Å². The van der Waals surface area contributed by atoms with Crippen LogP contribution in [-0.2, 0) is 15.0 Å². The number of carbonyl (C=O) groups excluding carboxylic acids is 1. The van der Waals surface area contributed by atoms with Crippen LogP contribution >= 0.6 is 11.8 Å². The molecule has 1 saturated heterocycles. The van der Waals surface area contributed by atoms with Gasteiger partial charge in [0.2, 0.25) is 5.91 Å². The van der Waals surface area contributed by atoms with E-state index >= 15 is 0 Å². The first-order chi connectivity index (χ1) is 11.1. The van der Waals surface area contributed by atoms with Gasteiger partial charge in [-0.1, -0.05) is 58.9 Å². The zero-order valence-corrected chi connectivity index (χ0v) is 15.9. The number of hydrogen-bond donors (Lipinski definition) is 1. The van der Waals surface area contributed by atoms with E-state index < -0.39 is 12.0 Å². The predicted octanol–water partition coefficient (Wildman–Crippen LogP) is 4.06. The summed E-state index contributed by atoms with van der Waals surface area (Å²) in [6.07, 6.45) is 0.470. The SMILES string of the molecule is CC(C)C[C@H](C(=O)O)N1C(=O)CS[C@@H]1c1ccc(C(C)(C)C)cc1. The molecular weight excluding hydrogens is 322 g/mol. The van der Waals surface area contributed by atoms with Gasteiger partial charge in [0, 0.05) is 0 Å². The molecule has 1 aromatic carbocycles. The van der Waals surface area contributed by atoms with Crippen molar-refractivity contribution in [2.45, 2.75) is 57.9 Å². The van der Waals surface area contributed by atoms with Crippen LogP contribution in [0, 0.1) is 5.92 Å². The number of benzene rings is 1. The first kappa shape index (κ1) is 18.8. The molecule has 1 amide bonds. The Morgan fingerprint density at radius 2 is 1.88 bits per heavy atom. The summed E-state index contributed by atoms with van der Waals surface area (Å²) in [6.45, 7) is 10.4. The van der Waals surface area contributed by atoms with Gasteiger partial charge in [0.25, 0.3) is 0 Å². The number of nitrogens with zero attached hydrogens (tertiary/aromatic N) is 1. The van der Waals surface area contributed by atoms with Crippen LogP contribution in [0.4, 0.5) is 0 Å². The molecule has 1 heterocycles. The van der Waals surface area contributed by atoms with E-state index in [4.69, 9.17) is 0 Å². The van der Waals surface area contributed by atoms with Crippen molar-refractivity contribution < 1.29 is 14.7 Å². The number of rotatable bonds is 5. The summed E-state index contributed by atoms with van der Waals surface area (Å²) >= 11 is 1.51. The van der Waals surface area contributed by atoms with Crippen molar-refractivity contribution >= 4 is 23.6 Å². The minimum atomic E-state index is -0.920. The van der Waals surface area contributed by atoms with E-state index in [0.717, 1.165) is 5.56 Å². The average molecular weight is 349 g/mol. The number of aliphatic carboxylic acids is 1. The third kappa shape index (κ3) is 4.12. The van der Waals surface area contributed by atoms with Crippen LogP contribution in [-0.4, -0.2) is 33.7 Å². The molecule has 1 aliphatic heterocycles. The Morgan fingerprint density at radius 1 is 1.29 bits per heavy atom. The fraction of sp³-hybridized carbons (Fsp3) is 0.579. The summed E-state index contributed by atoms with van der Waals surface area (Å²) in [5.41, 5.74) is 2.29. The van der Waals surface area contributed by atoms with E-state index in [-0.39, 0.29) is 22.6 Å². The second kappa shape index (κ2) is 7.18. The van der Waals surface area contributed by atoms with E-state index in [2.05, 4.69) is 32.9 Å². The second-order valence-corrected chi connectivity index (χ2v) is 8.89. The lowest BCUT2D eigenvalue weighted by molar-refractivity contribution is -0.150. The Kier molecular flexibility index (Phi) is 5.63. The van der Waals surface area contributed by atoms with Gasteiger partial charge in [0.1, 0.15) is 11.4 Å². The summed E-state index contributed by atoms with van der Waals surface area (Å²) in [5, 5.41) is 9.40. The molecule has 2 atom stereocenters. The quantitative estimate of drug-likeness (QED) is 0.871. The summed E-state index contributed by atoms with van der Waals surface area (Å²) in [7, 11) is 0. The van der Waals surface area contributed by atoms with E-state index in [1.54, 1.807) is 4.90 Å². The summed E-state index contributed by atoms with van der Waals surface area (Å²) < 4.78 is 0. The first-order valence-corrected chi connectivity index (χ1v) is 9.42. The molecule has 0 bridgehead atoms. The maximum absolute atomic E-state index is 12.4. The van der Waals surface area contributed by atoms with Gasteiger partial charge in [0.05, 0.1) is 5.75 Å². The lowest BCUT2D eigenvalue weighted by Gasteiger charge is -2.31. The second-order valence-electron chi connectivity index (χ2n) is 7.82. The van der Waals surface area contributed by atoms with Crippen LogP contribution < -0.4 is 0 Å². The normalized spacial score (nSPS) is 19.8. The highest BCUT2D eigenvalue weighted by Gasteiger charge is 2.41. The average Bonchev–Trinajstić information content (AvgIpc) is 2.85. The van der Waals surface area contributed by atoms with Crippen molar-refractivity contribution in [3.8, 4) is 0 Å². The minimum Gasteiger partial charge on any atom is -0.480 e. The fourth-order valence-electron chi connectivity index (χ4n) is 2.96. The molecule has 4 nitrogen and oxygen atoms in total. The molecule has 1 aromatic rings. The van der Waals surface area contributed by atoms with Gasteiger partial charge in [-0.2, -0.15) is 0 Å². The number of carboxylic acid groups (broad SMARTS) is 1. The lowest BCUT2D eigenvalue weighted by atomic mass is 9.86. The topological polar surface area (TPSA) is 57.6 Å². The predicted molar refractivity (Wildman–Crippen MR) is 98.1 cm³/mol. The van der Waals surface area contributed by atoms with Crippen LogP contribution in [0.15, 0.2) is 24.3 Å². The van der Waals surface area contributed by atoms with E-state index in [9.17, 15) is 14.7 Å². The van der Waals surface area contributed by atoms with Crippen LogP contribution in [0.1, 0.15) is 57.5 Å². The Morgan fingerprint density at radius 3 is 2.33 bits per heavy atom. The molecule has 2 rings (SSSR count). The molecule has 5 heteroatoms. The molecule has 1 aliphatic rings. The molecule has 132 valence electrons. The van der Waals surface area contributed by atoms with Crippen molar-refractivity contribution in [2.75, 3.05) is 5.75 Å². The molecular formula is C19H27NO3S. The van der Waals surface area contributed by atoms with Crippen LogP contribution in [0.3, 0.4) is 0 Å². The highest BCUT2D eigenvalue weighted by molar-refractivity contribution is 8.00. The molecule has 0 aliphatic carbocycles. The zero-order chi connectivity index (χ0) is 18.1. The largest absolute Gasteiger partial charge is 0.480 e. The third-order valence-corrected chi connectivity index (χ3v) is 5.51. The van der Waals surface area contributed by atoms with Gasteiger partial charge in [-0.05, 0) is 28.9 Å². The fourth-order valence-corrected chi connectivity index (χ4v) is 4.18. The van der Waals surface area contributed by atoms with Crippen molar-refractivity contribution in [2.24, 2.45) is 5.92 Å². The minimum absolute atomic E-state index is 0.0676.